The van der Waals surface area contributed by atoms with Gasteiger partial charge >= 0.3 is 0 Å². The molecule has 94 valence electrons. The minimum atomic E-state index is -0.0689. The van der Waals surface area contributed by atoms with E-state index in [0.29, 0.717) is 0 Å². The molecule has 1 saturated carbocycles. The second kappa shape index (κ2) is 5.19. The third kappa shape index (κ3) is 3.08. The molecular weight excluding hydrogens is 208 g/mol. The Morgan fingerprint density at radius 1 is 1.18 bits per heavy atom. The lowest BCUT2D eigenvalue weighted by molar-refractivity contribution is 0.301. The van der Waals surface area contributed by atoms with Crippen molar-refractivity contribution in [3.63, 3.8) is 0 Å². The lowest BCUT2D eigenvalue weighted by Gasteiger charge is -2.34. The van der Waals surface area contributed by atoms with E-state index in [1.165, 1.54) is 30.4 Å². The van der Waals surface area contributed by atoms with E-state index >= 15 is 0 Å². The summed E-state index contributed by atoms with van der Waals surface area (Å²) >= 11 is 0. The molecule has 0 saturated heterocycles. The van der Waals surface area contributed by atoms with Gasteiger partial charge in [-0.05, 0) is 38.1 Å². The Bertz CT molecular complexity index is 365. The van der Waals surface area contributed by atoms with E-state index in [2.05, 4.69) is 43.3 Å². The number of nitrogens with zero attached hydrogens (tertiary/aromatic N) is 1. The lowest BCUT2D eigenvalue weighted by atomic mass is 9.77. The summed E-state index contributed by atoms with van der Waals surface area (Å²) in [4.78, 5) is 2.20. The van der Waals surface area contributed by atoms with Crippen molar-refractivity contribution in [1.82, 2.24) is 4.90 Å². The summed E-state index contributed by atoms with van der Waals surface area (Å²) in [6.07, 6.45) is 6.16. The third-order valence-electron chi connectivity index (χ3n) is 3.75. The molecule has 0 aliphatic heterocycles. The molecule has 2 N–H and O–H groups in total. The smallest absolute Gasteiger partial charge is 0.0409 e. The van der Waals surface area contributed by atoms with Crippen LogP contribution in [0.5, 0.6) is 0 Å². The van der Waals surface area contributed by atoms with Crippen molar-refractivity contribution in [3.8, 4) is 0 Å². The van der Waals surface area contributed by atoms with Crippen LogP contribution in [0.15, 0.2) is 24.3 Å². The third-order valence-corrected chi connectivity index (χ3v) is 3.75. The van der Waals surface area contributed by atoms with Gasteiger partial charge in [-0.2, -0.15) is 0 Å². The highest BCUT2D eigenvalue weighted by atomic mass is 15.0. The average molecular weight is 232 g/mol. The quantitative estimate of drug-likeness (QED) is 0.868. The van der Waals surface area contributed by atoms with Gasteiger partial charge in [0.05, 0.1) is 0 Å². The van der Waals surface area contributed by atoms with E-state index in [9.17, 15) is 0 Å². The van der Waals surface area contributed by atoms with Crippen LogP contribution in [0, 0.1) is 0 Å². The van der Waals surface area contributed by atoms with Crippen LogP contribution >= 0.6 is 0 Å². The van der Waals surface area contributed by atoms with E-state index in [-0.39, 0.29) is 5.54 Å². The molecule has 2 nitrogen and oxygen atoms in total. The summed E-state index contributed by atoms with van der Waals surface area (Å²) in [6, 6.07) is 8.84. The molecule has 1 fully saturated rings. The van der Waals surface area contributed by atoms with E-state index in [1.807, 2.05) is 0 Å². The van der Waals surface area contributed by atoms with Crippen LogP contribution in [0.3, 0.4) is 0 Å². The zero-order chi connectivity index (χ0) is 12.3. The topological polar surface area (TPSA) is 29.3 Å². The van der Waals surface area contributed by atoms with Gasteiger partial charge in [0.1, 0.15) is 0 Å². The molecule has 1 aromatic carbocycles. The number of nitrogens with two attached hydrogens (primary N) is 1. The van der Waals surface area contributed by atoms with Crippen molar-refractivity contribution >= 4 is 0 Å². The molecule has 1 aliphatic rings. The van der Waals surface area contributed by atoms with Crippen molar-refractivity contribution in [2.75, 3.05) is 14.1 Å². The Kier molecular flexibility index (Phi) is 3.85. The molecule has 2 rings (SSSR count). The molecule has 0 heterocycles. The van der Waals surface area contributed by atoms with Gasteiger partial charge in [-0.15, -0.1) is 0 Å². The molecule has 1 aliphatic carbocycles. The number of hydrogen-bond donors (Lipinski definition) is 1. The summed E-state index contributed by atoms with van der Waals surface area (Å²) in [7, 11) is 4.21. The van der Waals surface area contributed by atoms with Gasteiger partial charge in [-0.25, -0.2) is 0 Å². The zero-order valence-corrected chi connectivity index (χ0v) is 11.1. The fraction of sp³-hybridized carbons (Fsp3) is 0.600. The molecule has 17 heavy (non-hydrogen) atoms. The lowest BCUT2D eigenvalue weighted by Crippen LogP contribution is -2.38. The largest absolute Gasteiger partial charge is 0.321 e. The highest BCUT2D eigenvalue weighted by Crippen LogP contribution is 2.34. The van der Waals surface area contributed by atoms with Crippen LogP contribution < -0.4 is 5.73 Å². The molecule has 0 atom stereocenters. The Labute approximate surface area is 105 Å². The van der Waals surface area contributed by atoms with E-state index in [0.717, 1.165) is 19.4 Å². The van der Waals surface area contributed by atoms with Crippen molar-refractivity contribution in [2.45, 2.75) is 44.2 Å². The highest BCUT2D eigenvalue weighted by Gasteiger charge is 2.29. The summed E-state index contributed by atoms with van der Waals surface area (Å²) in [5.74, 6) is 0. The maximum Gasteiger partial charge on any atom is 0.0409 e. The van der Waals surface area contributed by atoms with Gasteiger partial charge in [0, 0.05) is 12.1 Å². The monoisotopic (exact) mass is 232 g/mol. The maximum absolute atomic E-state index is 6.57. The number of hydrogen-bond acceptors (Lipinski definition) is 2. The van der Waals surface area contributed by atoms with Crippen LogP contribution in [0.1, 0.15) is 43.2 Å². The van der Waals surface area contributed by atoms with Crippen LogP contribution in [0.25, 0.3) is 0 Å². The maximum atomic E-state index is 6.57. The minimum Gasteiger partial charge on any atom is -0.321 e. The predicted molar refractivity (Wildman–Crippen MR) is 72.8 cm³/mol. The van der Waals surface area contributed by atoms with Gasteiger partial charge in [-0.1, -0.05) is 43.5 Å². The van der Waals surface area contributed by atoms with Crippen LogP contribution in [0.2, 0.25) is 0 Å². The summed E-state index contributed by atoms with van der Waals surface area (Å²) in [6.45, 7) is 0.990. The first-order valence-corrected chi connectivity index (χ1v) is 6.63. The van der Waals surface area contributed by atoms with E-state index in [4.69, 9.17) is 5.73 Å². The first-order chi connectivity index (χ1) is 8.10. The average Bonchev–Trinajstić information content (AvgIpc) is 2.29. The minimum absolute atomic E-state index is 0.0689. The van der Waals surface area contributed by atoms with Gasteiger partial charge in [0.15, 0.2) is 0 Å². The van der Waals surface area contributed by atoms with Crippen LogP contribution in [0.4, 0.5) is 0 Å². The fourth-order valence-electron chi connectivity index (χ4n) is 2.82. The van der Waals surface area contributed by atoms with Gasteiger partial charge in [0.25, 0.3) is 0 Å². The Hall–Kier alpha value is -0.860. The molecule has 0 aromatic heterocycles. The zero-order valence-electron chi connectivity index (χ0n) is 11.1. The Morgan fingerprint density at radius 3 is 2.53 bits per heavy atom. The molecule has 0 bridgehead atoms. The van der Waals surface area contributed by atoms with Crippen LogP contribution in [-0.4, -0.2) is 19.0 Å². The van der Waals surface area contributed by atoms with E-state index < -0.39 is 0 Å². The molecule has 0 radical (unpaired) electrons. The van der Waals surface area contributed by atoms with Gasteiger partial charge < -0.3 is 10.6 Å². The first-order valence-electron chi connectivity index (χ1n) is 6.63. The van der Waals surface area contributed by atoms with Crippen molar-refractivity contribution < 1.29 is 0 Å². The first kappa shape index (κ1) is 12.6. The van der Waals surface area contributed by atoms with E-state index in [1.54, 1.807) is 0 Å². The SMILES string of the molecule is CN(C)Cc1cccc(C2(N)CCCCC2)c1. The standard InChI is InChI=1S/C15H24N2/c1-17(2)12-13-7-6-8-14(11-13)15(16)9-4-3-5-10-15/h6-8,11H,3-5,9-10,12,16H2,1-2H3. The molecule has 0 unspecified atom stereocenters. The number of benzene rings is 1. The Balaban J connectivity index is 2.19. The van der Waals surface area contributed by atoms with Gasteiger partial charge in [-0.3, -0.25) is 0 Å². The summed E-state index contributed by atoms with van der Waals surface area (Å²) in [5, 5.41) is 0. The van der Waals surface area contributed by atoms with Crippen LogP contribution in [-0.2, 0) is 12.1 Å². The second-order valence-electron chi connectivity index (χ2n) is 5.65. The molecule has 2 heteroatoms. The molecular formula is C15H24N2. The predicted octanol–water partition coefficient (Wildman–Crippen LogP) is 2.87. The Morgan fingerprint density at radius 2 is 1.88 bits per heavy atom. The molecule has 0 amide bonds. The van der Waals surface area contributed by atoms with Gasteiger partial charge in [0.2, 0.25) is 0 Å². The number of rotatable bonds is 3. The fourth-order valence-corrected chi connectivity index (χ4v) is 2.82. The molecule has 0 spiro atoms. The molecule has 1 aromatic rings. The summed E-state index contributed by atoms with van der Waals surface area (Å²) in [5.41, 5.74) is 9.19. The van der Waals surface area contributed by atoms with Crippen molar-refractivity contribution in [1.29, 1.82) is 0 Å². The normalized spacial score (nSPS) is 19.5. The highest BCUT2D eigenvalue weighted by molar-refractivity contribution is 5.29. The van der Waals surface area contributed by atoms with Crippen molar-refractivity contribution in [3.05, 3.63) is 35.4 Å². The second-order valence-corrected chi connectivity index (χ2v) is 5.65. The van der Waals surface area contributed by atoms with Crippen molar-refractivity contribution in [2.24, 2.45) is 5.73 Å². The summed E-state index contributed by atoms with van der Waals surface area (Å²) < 4.78 is 0.